The Morgan fingerprint density at radius 1 is 1.47 bits per heavy atom. The first-order valence-electron chi connectivity index (χ1n) is 5.52. The fourth-order valence-corrected chi connectivity index (χ4v) is 2.29. The molecule has 8 heteroatoms. The van der Waals surface area contributed by atoms with Crippen molar-refractivity contribution in [3.8, 4) is 0 Å². The zero-order valence-corrected chi connectivity index (χ0v) is 10.6. The van der Waals surface area contributed by atoms with Crippen molar-refractivity contribution in [3.05, 3.63) is 0 Å². The van der Waals surface area contributed by atoms with E-state index in [4.69, 9.17) is 9.94 Å². The summed E-state index contributed by atoms with van der Waals surface area (Å²) in [6.45, 7) is -0.0846. The second kappa shape index (κ2) is 6.29. The molecule has 1 rings (SSSR count). The van der Waals surface area contributed by atoms with Gasteiger partial charge >= 0.3 is 16.2 Å². The van der Waals surface area contributed by atoms with Crippen LogP contribution in [0, 0.1) is 0 Å². The van der Waals surface area contributed by atoms with Crippen molar-refractivity contribution in [1.29, 1.82) is 0 Å². The van der Waals surface area contributed by atoms with E-state index >= 15 is 0 Å². The molecule has 0 aromatic heterocycles. The summed E-state index contributed by atoms with van der Waals surface area (Å²) in [6, 6.07) is 0. The van der Waals surface area contributed by atoms with Crippen LogP contribution in [0.5, 0.6) is 0 Å². The van der Waals surface area contributed by atoms with Gasteiger partial charge in [0.15, 0.2) is 0 Å². The molecule has 2 N–H and O–H groups in total. The lowest BCUT2D eigenvalue weighted by atomic mass is 10.3. The highest BCUT2D eigenvalue weighted by atomic mass is 32.2. The number of carboxylic acid groups (broad SMARTS) is 1. The van der Waals surface area contributed by atoms with Gasteiger partial charge in [0.25, 0.3) is 0 Å². The molecular weight excluding hydrogens is 248 g/mol. The van der Waals surface area contributed by atoms with Gasteiger partial charge in [0.2, 0.25) is 0 Å². The minimum absolute atomic E-state index is 0.0716. The fraction of sp³-hybridized carbons (Fsp3) is 0.889. The first-order valence-corrected chi connectivity index (χ1v) is 6.96. The quantitative estimate of drug-likeness (QED) is 0.637. The molecule has 7 nitrogen and oxygen atoms in total. The Labute approximate surface area is 101 Å². The molecule has 1 saturated carbocycles. The van der Waals surface area contributed by atoms with E-state index in [1.54, 1.807) is 0 Å². The van der Waals surface area contributed by atoms with Crippen molar-refractivity contribution in [2.45, 2.75) is 38.2 Å². The number of nitrogens with zero attached hydrogens (tertiary/aromatic N) is 1. The summed E-state index contributed by atoms with van der Waals surface area (Å²) in [5.41, 5.74) is 0. The van der Waals surface area contributed by atoms with Crippen LogP contribution in [0.2, 0.25) is 0 Å². The van der Waals surface area contributed by atoms with E-state index in [0.717, 1.165) is 30.0 Å². The zero-order chi connectivity index (χ0) is 12.9. The number of aliphatic carboxylic acids is 1. The Morgan fingerprint density at radius 3 is 2.59 bits per heavy atom. The molecule has 0 radical (unpaired) electrons. The van der Waals surface area contributed by atoms with Gasteiger partial charge in [-0.15, -0.1) is 0 Å². The Bertz CT molecular complexity index is 350. The van der Waals surface area contributed by atoms with Gasteiger partial charge in [0.05, 0.1) is 12.5 Å². The molecule has 0 bridgehead atoms. The molecular formula is C9H18N2O5S. The zero-order valence-electron chi connectivity index (χ0n) is 9.76. The molecule has 0 spiro atoms. The number of nitrogens with one attached hydrogen (secondary N) is 1. The van der Waals surface area contributed by atoms with Gasteiger partial charge in [-0.3, -0.25) is 9.63 Å². The van der Waals surface area contributed by atoms with Crippen LogP contribution in [-0.2, 0) is 19.8 Å². The molecule has 0 aliphatic heterocycles. The molecule has 0 heterocycles. The third-order valence-electron chi connectivity index (χ3n) is 2.67. The average Bonchev–Trinajstić information content (AvgIpc) is 2.75. The Kier molecular flexibility index (Phi) is 5.31. The van der Waals surface area contributed by atoms with Crippen molar-refractivity contribution >= 4 is 16.2 Å². The van der Waals surface area contributed by atoms with Crippen LogP contribution in [-0.4, -0.2) is 43.5 Å². The van der Waals surface area contributed by atoms with Gasteiger partial charge < -0.3 is 5.11 Å². The standard InChI is InChI=1S/C9H18N2O5S/c1-11(7-6-9(12)13)17(14,15)10-16-8-4-2-3-5-8/h8,10H,2-7H2,1H3,(H,12,13). The summed E-state index contributed by atoms with van der Waals surface area (Å²) in [4.78, 5) is 17.4. The molecule has 1 aliphatic rings. The minimum Gasteiger partial charge on any atom is -0.481 e. The van der Waals surface area contributed by atoms with Gasteiger partial charge in [0, 0.05) is 13.6 Å². The summed E-state index contributed by atoms with van der Waals surface area (Å²) in [5, 5.41) is 8.46. The van der Waals surface area contributed by atoms with Crippen LogP contribution >= 0.6 is 0 Å². The highest BCUT2D eigenvalue weighted by Crippen LogP contribution is 2.20. The van der Waals surface area contributed by atoms with Crippen LogP contribution in [0.4, 0.5) is 0 Å². The number of carbonyl (C=O) groups is 1. The third-order valence-corrected chi connectivity index (χ3v) is 3.98. The minimum atomic E-state index is -3.75. The van der Waals surface area contributed by atoms with E-state index in [2.05, 4.69) is 0 Å². The van der Waals surface area contributed by atoms with Gasteiger partial charge in [-0.25, -0.2) is 0 Å². The van der Waals surface area contributed by atoms with Gasteiger partial charge in [-0.2, -0.15) is 12.7 Å². The van der Waals surface area contributed by atoms with E-state index in [1.165, 1.54) is 7.05 Å². The van der Waals surface area contributed by atoms with Crippen molar-refractivity contribution in [3.63, 3.8) is 0 Å². The van der Waals surface area contributed by atoms with E-state index in [-0.39, 0.29) is 19.1 Å². The molecule has 1 fully saturated rings. The lowest BCUT2D eigenvalue weighted by molar-refractivity contribution is -0.137. The van der Waals surface area contributed by atoms with Crippen LogP contribution in [0.25, 0.3) is 0 Å². The lowest BCUT2D eigenvalue weighted by Crippen LogP contribution is -2.40. The van der Waals surface area contributed by atoms with E-state index in [0.29, 0.717) is 0 Å². The monoisotopic (exact) mass is 266 g/mol. The summed E-state index contributed by atoms with van der Waals surface area (Å²) in [7, 11) is -2.44. The van der Waals surface area contributed by atoms with Crippen LogP contribution < -0.4 is 4.89 Å². The van der Waals surface area contributed by atoms with Gasteiger partial charge in [0.1, 0.15) is 0 Å². The molecule has 0 aromatic rings. The van der Waals surface area contributed by atoms with E-state index in [9.17, 15) is 13.2 Å². The second-order valence-corrected chi connectivity index (χ2v) is 5.82. The van der Waals surface area contributed by atoms with Crippen molar-refractivity contribution in [2.75, 3.05) is 13.6 Å². The molecule has 0 atom stereocenters. The molecule has 0 unspecified atom stereocenters. The summed E-state index contributed by atoms with van der Waals surface area (Å²) >= 11 is 0. The second-order valence-electron chi connectivity index (χ2n) is 4.08. The third kappa shape index (κ3) is 4.99. The van der Waals surface area contributed by atoms with Crippen LogP contribution in [0.3, 0.4) is 0 Å². The van der Waals surface area contributed by atoms with Crippen molar-refractivity contribution in [1.82, 2.24) is 9.19 Å². The summed E-state index contributed by atoms with van der Waals surface area (Å²) in [5.74, 6) is -1.04. The van der Waals surface area contributed by atoms with Crippen molar-refractivity contribution in [2.24, 2.45) is 0 Å². The smallest absolute Gasteiger partial charge is 0.304 e. The molecule has 1 aliphatic carbocycles. The molecule has 0 saturated heterocycles. The summed E-state index contributed by atoms with van der Waals surface area (Å²) < 4.78 is 24.1. The Hall–Kier alpha value is -0.700. The maximum atomic E-state index is 11.6. The molecule has 17 heavy (non-hydrogen) atoms. The predicted octanol–water partition coefficient (Wildman–Crippen LogP) is 0.102. The normalized spacial score (nSPS) is 17.8. The van der Waals surface area contributed by atoms with Crippen LogP contribution in [0.1, 0.15) is 32.1 Å². The van der Waals surface area contributed by atoms with E-state index < -0.39 is 16.2 Å². The number of rotatable bonds is 7. The number of hydrogen-bond donors (Lipinski definition) is 2. The van der Waals surface area contributed by atoms with Gasteiger partial charge in [-0.1, -0.05) is 17.7 Å². The van der Waals surface area contributed by atoms with Gasteiger partial charge in [-0.05, 0) is 12.8 Å². The molecule has 100 valence electrons. The highest BCUT2D eigenvalue weighted by Gasteiger charge is 2.22. The summed E-state index contributed by atoms with van der Waals surface area (Å²) in [6.07, 6.45) is 3.48. The maximum absolute atomic E-state index is 11.6. The molecule has 0 amide bonds. The number of carboxylic acids is 1. The first kappa shape index (κ1) is 14.4. The Balaban J connectivity index is 2.35. The number of hydrogen-bond acceptors (Lipinski definition) is 4. The fourth-order valence-electron chi connectivity index (χ4n) is 1.57. The van der Waals surface area contributed by atoms with E-state index in [1.807, 2.05) is 4.89 Å². The SMILES string of the molecule is CN(CCC(=O)O)S(=O)(=O)NOC1CCCC1. The Morgan fingerprint density at radius 2 is 2.06 bits per heavy atom. The molecule has 0 aromatic carbocycles. The van der Waals surface area contributed by atoms with Crippen LogP contribution in [0.15, 0.2) is 0 Å². The maximum Gasteiger partial charge on any atom is 0.304 e. The topological polar surface area (TPSA) is 95.9 Å². The average molecular weight is 266 g/mol. The lowest BCUT2D eigenvalue weighted by Gasteiger charge is -2.18. The predicted molar refractivity (Wildman–Crippen MR) is 60.3 cm³/mol. The largest absolute Gasteiger partial charge is 0.481 e. The van der Waals surface area contributed by atoms with Crippen molar-refractivity contribution < 1.29 is 23.2 Å². The first-order chi connectivity index (χ1) is 7.92. The highest BCUT2D eigenvalue weighted by molar-refractivity contribution is 7.86.